The first-order chi connectivity index (χ1) is 10.3. The van der Waals surface area contributed by atoms with Crippen LogP contribution in [0.25, 0.3) is 11.1 Å². The molecule has 2 N–H and O–H groups in total. The van der Waals surface area contributed by atoms with E-state index in [4.69, 9.17) is 4.74 Å². The predicted molar refractivity (Wildman–Crippen MR) is 75.3 cm³/mol. The Labute approximate surface area is 121 Å². The molecule has 3 rings (SSSR count). The molecular formula is C14H15N5O2. The zero-order valence-electron chi connectivity index (χ0n) is 11.5. The van der Waals surface area contributed by atoms with Crippen molar-refractivity contribution in [1.29, 1.82) is 0 Å². The summed E-state index contributed by atoms with van der Waals surface area (Å²) in [5, 5.41) is 20.4. The van der Waals surface area contributed by atoms with E-state index in [-0.39, 0.29) is 13.2 Å². The van der Waals surface area contributed by atoms with Crippen molar-refractivity contribution < 1.29 is 9.84 Å². The fourth-order valence-corrected chi connectivity index (χ4v) is 2.06. The van der Waals surface area contributed by atoms with E-state index in [0.717, 1.165) is 11.1 Å². The lowest BCUT2D eigenvalue weighted by Crippen LogP contribution is -2.05. The number of aryl methyl sites for hydroxylation is 1. The molecule has 0 unspecified atom stereocenters. The number of ether oxygens (including phenoxy) is 1. The van der Waals surface area contributed by atoms with Gasteiger partial charge in [0.25, 0.3) is 0 Å². The van der Waals surface area contributed by atoms with Crippen LogP contribution in [0.4, 0.5) is 0 Å². The highest BCUT2D eigenvalue weighted by molar-refractivity contribution is 5.71. The Kier molecular flexibility index (Phi) is 3.65. The summed E-state index contributed by atoms with van der Waals surface area (Å²) in [6, 6.07) is 9.67. The van der Waals surface area contributed by atoms with Gasteiger partial charge in [-0.2, -0.15) is 5.10 Å². The maximum Gasteiger partial charge on any atom is 0.241 e. The standard InChI is InChI=1S/C14H15N5O2/c1-19-12(15-9-16-19)8-21-14-13(11(7-20)17-18-14)10-5-3-2-4-6-10/h2-6,9,20H,7-8H2,1H3,(H,17,18). The molecule has 21 heavy (non-hydrogen) atoms. The maximum absolute atomic E-state index is 9.44. The summed E-state index contributed by atoms with van der Waals surface area (Å²) in [5.74, 6) is 1.14. The molecule has 0 saturated heterocycles. The summed E-state index contributed by atoms with van der Waals surface area (Å²) in [6.45, 7) is 0.122. The van der Waals surface area contributed by atoms with Crippen molar-refractivity contribution >= 4 is 0 Å². The number of aliphatic hydroxyl groups excluding tert-OH is 1. The average Bonchev–Trinajstić information content (AvgIpc) is 3.11. The van der Waals surface area contributed by atoms with Gasteiger partial charge < -0.3 is 9.84 Å². The van der Waals surface area contributed by atoms with Crippen molar-refractivity contribution in [3.05, 3.63) is 48.2 Å². The molecule has 0 aliphatic carbocycles. The van der Waals surface area contributed by atoms with Gasteiger partial charge in [0.05, 0.1) is 17.9 Å². The lowest BCUT2D eigenvalue weighted by molar-refractivity contribution is 0.276. The zero-order chi connectivity index (χ0) is 14.7. The number of rotatable bonds is 5. The molecular weight excluding hydrogens is 270 g/mol. The normalized spacial score (nSPS) is 10.8. The van der Waals surface area contributed by atoms with Crippen LogP contribution in [0, 0.1) is 0 Å². The first kappa shape index (κ1) is 13.3. The number of aromatic nitrogens is 5. The monoisotopic (exact) mass is 285 g/mol. The molecule has 0 radical (unpaired) electrons. The first-order valence-corrected chi connectivity index (χ1v) is 6.48. The molecule has 0 fully saturated rings. The predicted octanol–water partition coefficient (Wildman–Crippen LogP) is 1.28. The topological polar surface area (TPSA) is 88.9 Å². The lowest BCUT2D eigenvalue weighted by Gasteiger charge is -2.06. The third-order valence-corrected chi connectivity index (χ3v) is 3.17. The summed E-state index contributed by atoms with van der Waals surface area (Å²) in [4.78, 5) is 4.10. The zero-order valence-corrected chi connectivity index (χ0v) is 11.5. The summed E-state index contributed by atoms with van der Waals surface area (Å²) in [5.41, 5.74) is 2.32. The minimum absolute atomic E-state index is 0.134. The Balaban J connectivity index is 1.89. The SMILES string of the molecule is Cn1ncnc1COc1n[nH]c(CO)c1-c1ccccc1. The Bertz CT molecular complexity index is 720. The minimum Gasteiger partial charge on any atom is -0.468 e. The number of nitrogens with zero attached hydrogens (tertiary/aromatic N) is 4. The van der Waals surface area contributed by atoms with Crippen LogP contribution < -0.4 is 4.74 Å². The Morgan fingerprint density at radius 2 is 2.10 bits per heavy atom. The van der Waals surface area contributed by atoms with Crippen molar-refractivity contribution in [3.63, 3.8) is 0 Å². The van der Waals surface area contributed by atoms with Crippen molar-refractivity contribution in [3.8, 4) is 17.0 Å². The minimum atomic E-state index is -0.134. The van der Waals surface area contributed by atoms with Crippen molar-refractivity contribution in [2.45, 2.75) is 13.2 Å². The van der Waals surface area contributed by atoms with E-state index in [1.54, 1.807) is 11.7 Å². The molecule has 0 atom stereocenters. The van der Waals surface area contributed by atoms with E-state index in [1.807, 2.05) is 30.3 Å². The molecule has 7 nitrogen and oxygen atoms in total. The second-order valence-corrected chi connectivity index (χ2v) is 4.50. The van der Waals surface area contributed by atoms with Crippen molar-refractivity contribution in [1.82, 2.24) is 25.0 Å². The van der Waals surface area contributed by atoms with Gasteiger partial charge in [-0.25, -0.2) is 4.98 Å². The molecule has 108 valence electrons. The number of H-pyrrole nitrogens is 1. The fourth-order valence-electron chi connectivity index (χ4n) is 2.06. The van der Waals surface area contributed by atoms with E-state index in [9.17, 15) is 5.11 Å². The number of hydrogen-bond donors (Lipinski definition) is 2. The molecule has 2 heterocycles. The number of nitrogens with one attached hydrogen (secondary N) is 1. The van der Waals surface area contributed by atoms with Gasteiger partial charge in [-0.3, -0.25) is 9.78 Å². The maximum atomic E-state index is 9.44. The highest BCUT2D eigenvalue weighted by Gasteiger charge is 2.16. The molecule has 1 aromatic carbocycles. The van der Waals surface area contributed by atoms with E-state index in [2.05, 4.69) is 20.3 Å². The van der Waals surface area contributed by atoms with Gasteiger partial charge in [0, 0.05) is 7.05 Å². The smallest absolute Gasteiger partial charge is 0.241 e. The van der Waals surface area contributed by atoms with Crippen LogP contribution in [-0.4, -0.2) is 30.1 Å². The number of benzene rings is 1. The molecule has 2 aromatic heterocycles. The highest BCUT2D eigenvalue weighted by atomic mass is 16.5. The number of aromatic amines is 1. The molecule has 0 aliphatic rings. The van der Waals surface area contributed by atoms with Gasteiger partial charge >= 0.3 is 0 Å². The number of hydrogen-bond acceptors (Lipinski definition) is 5. The van der Waals surface area contributed by atoms with Gasteiger partial charge in [0.1, 0.15) is 12.9 Å². The van der Waals surface area contributed by atoms with Gasteiger partial charge in [0.15, 0.2) is 5.82 Å². The largest absolute Gasteiger partial charge is 0.468 e. The van der Waals surface area contributed by atoms with Gasteiger partial charge in [0.2, 0.25) is 5.88 Å². The Hall–Kier alpha value is -2.67. The second kappa shape index (κ2) is 5.76. The van der Waals surface area contributed by atoms with Gasteiger partial charge in [-0.05, 0) is 5.56 Å². The molecule has 3 aromatic rings. The first-order valence-electron chi connectivity index (χ1n) is 6.48. The average molecular weight is 285 g/mol. The van der Waals surface area contributed by atoms with Crippen molar-refractivity contribution in [2.24, 2.45) is 7.05 Å². The molecule has 0 amide bonds. The van der Waals surface area contributed by atoms with E-state index in [1.165, 1.54) is 6.33 Å². The summed E-state index contributed by atoms with van der Waals surface area (Å²) in [6.07, 6.45) is 1.47. The molecule has 0 bridgehead atoms. The van der Waals surface area contributed by atoms with Crippen LogP contribution in [0.2, 0.25) is 0 Å². The number of aliphatic hydroxyl groups is 1. The summed E-state index contributed by atoms with van der Waals surface area (Å²) < 4.78 is 7.36. The molecule has 7 heteroatoms. The van der Waals surface area contributed by atoms with Gasteiger partial charge in [-0.15, -0.1) is 5.10 Å². The quantitative estimate of drug-likeness (QED) is 0.737. The Morgan fingerprint density at radius 3 is 2.76 bits per heavy atom. The fraction of sp³-hybridized carbons (Fsp3) is 0.214. The van der Waals surface area contributed by atoms with Crippen LogP contribution >= 0.6 is 0 Å². The van der Waals surface area contributed by atoms with Crippen LogP contribution in [-0.2, 0) is 20.3 Å². The van der Waals surface area contributed by atoms with Crippen LogP contribution in [0.5, 0.6) is 5.88 Å². The van der Waals surface area contributed by atoms with E-state index in [0.29, 0.717) is 17.4 Å². The summed E-state index contributed by atoms with van der Waals surface area (Å²) >= 11 is 0. The lowest BCUT2D eigenvalue weighted by atomic mass is 10.1. The highest BCUT2D eigenvalue weighted by Crippen LogP contribution is 2.31. The van der Waals surface area contributed by atoms with Crippen LogP contribution in [0.15, 0.2) is 36.7 Å². The van der Waals surface area contributed by atoms with Crippen molar-refractivity contribution in [2.75, 3.05) is 0 Å². The molecule has 0 saturated carbocycles. The molecule has 0 spiro atoms. The van der Waals surface area contributed by atoms with E-state index < -0.39 is 0 Å². The molecule has 0 aliphatic heterocycles. The third kappa shape index (κ3) is 2.63. The second-order valence-electron chi connectivity index (χ2n) is 4.50. The third-order valence-electron chi connectivity index (χ3n) is 3.17. The Morgan fingerprint density at radius 1 is 1.29 bits per heavy atom. The van der Waals surface area contributed by atoms with Crippen LogP contribution in [0.3, 0.4) is 0 Å². The van der Waals surface area contributed by atoms with E-state index >= 15 is 0 Å². The van der Waals surface area contributed by atoms with Gasteiger partial charge in [-0.1, -0.05) is 30.3 Å². The van der Waals surface area contributed by atoms with Crippen LogP contribution in [0.1, 0.15) is 11.5 Å². The summed E-state index contributed by atoms with van der Waals surface area (Å²) in [7, 11) is 1.80.